The van der Waals surface area contributed by atoms with E-state index in [4.69, 9.17) is 0 Å². The molecule has 21 heavy (non-hydrogen) atoms. The quantitative estimate of drug-likeness (QED) is 0.938. The zero-order chi connectivity index (χ0) is 15.0. The van der Waals surface area contributed by atoms with Crippen molar-refractivity contribution in [3.8, 4) is 0 Å². The monoisotopic (exact) mass is 287 g/mol. The molecule has 0 amide bonds. The lowest BCUT2D eigenvalue weighted by Gasteiger charge is -2.39. The second kappa shape index (κ2) is 5.43. The van der Waals surface area contributed by atoms with Crippen molar-refractivity contribution >= 4 is 11.0 Å². The molecule has 0 bridgehead atoms. The van der Waals surface area contributed by atoms with Crippen LogP contribution in [-0.2, 0) is 13.5 Å². The van der Waals surface area contributed by atoms with Crippen LogP contribution < -0.4 is 0 Å². The third kappa shape index (κ3) is 2.58. The van der Waals surface area contributed by atoms with E-state index in [-0.39, 0.29) is 5.54 Å². The van der Waals surface area contributed by atoms with E-state index in [2.05, 4.69) is 34.4 Å². The van der Waals surface area contributed by atoms with Crippen molar-refractivity contribution in [1.82, 2.24) is 14.5 Å². The van der Waals surface area contributed by atoms with Crippen LogP contribution in [0, 0.1) is 0 Å². The lowest BCUT2D eigenvalue weighted by molar-refractivity contribution is 0.00202. The van der Waals surface area contributed by atoms with Gasteiger partial charge in [-0.3, -0.25) is 4.90 Å². The van der Waals surface area contributed by atoms with Crippen LogP contribution in [0.15, 0.2) is 24.3 Å². The van der Waals surface area contributed by atoms with Crippen molar-refractivity contribution in [2.24, 2.45) is 7.05 Å². The number of aromatic nitrogens is 2. The standard InChI is InChI=1S/C17H25N3O/c1-17(2,20-10-6-7-11-20)15(21)12-16-18-13-8-4-5-9-14(13)19(16)3/h4-5,8-9,15,21H,6-7,10-12H2,1-3H3. The third-order valence-electron chi connectivity index (χ3n) is 4.99. The molecule has 4 heteroatoms. The zero-order valence-corrected chi connectivity index (χ0v) is 13.2. The number of hydrogen-bond donors (Lipinski definition) is 1. The summed E-state index contributed by atoms with van der Waals surface area (Å²) in [6.45, 7) is 6.47. The maximum Gasteiger partial charge on any atom is 0.112 e. The van der Waals surface area contributed by atoms with Crippen LogP contribution in [0.4, 0.5) is 0 Å². The Hall–Kier alpha value is -1.39. The van der Waals surface area contributed by atoms with Crippen LogP contribution in [-0.4, -0.2) is 44.3 Å². The molecule has 0 aliphatic carbocycles. The van der Waals surface area contributed by atoms with Gasteiger partial charge >= 0.3 is 0 Å². The number of nitrogens with zero attached hydrogens (tertiary/aromatic N) is 3. The first-order valence-corrected chi connectivity index (χ1v) is 7.83. The van der Waals surface area contributed by atoms with Crippen molar-refractivity contribution < 1.29 is 5.11 Å². The average molecular weight is 287 g/mol. The van der Waals surface area contributed by atoms with Gasteiger partial charge in [0.1, 0.15) is 5.82 Å². The summed E-state index contributed by atoms with van der Waals surface area (Å²) in [4.78, 5) is 7.08. The first-order chi connectivity index (χ1) is 10.00. The Morgan fingerprint density at radius 1 is 1.24 bits per heavy atom. The predicted octanol–water partition coefficient (Wildman–Crippen LogP) is 2.35. The molecule has 2 aromatic rings. The highest BCUT2D eigenvalue weighted by atomic mass is 16.3. The van der Waals surface area contributed by atoms with E-state index in [1.165, 1.54) is 12.8 Å². The predicted molar refractivity (Wildman–Crippen MR) is 85.3 cm³/mol. The molecule has 2 heterocycles. The summed E-state index contributed by atoms with van der Waals surface area (Å²) in [7, 11) is 2.03. The minimum atomic E-state index is -0.411. The molecule has 0 saturated carbocycles. The molecule has 1 fully saturated rings. The largest absolute Gasteiger partial charge is 0.391 e. The fourth-order valence-corrected chi connectivity index (χ4v) is 3.30. The van der Waals surface area contributed by atoms with Gasteiger partial charge in [-0.1, -0.05) is 12.1 Å². The molecule has 1 aromatic carbocycles. The van der Waals surface area contributed by atoms with Crippen LogP contribution in [0.25, 0.3) is 11.0 Å². The molecule has 1 aromatic heterocycles. The van der Waals surface area contributed by atoms with E-state index >= 15 is 0 Å². The van der Waals surface area contributed by atoms with E-state index in [1.54, 1.807) is 0 Å². The second-order valence-electron chi connectivity index (χ2n) is 6.64. The summed E-state index contributed by atoms with van der Waals surface area (Å²) in [5, 5.41) is 10.7. The Morgan fingerprint density at radius 2 is 1.90 bits per heavy atom. The van der Waals surface area contributed by atoms with Crippen LogP contribution in [0.5, 0.6) is 0 Å². The molecule has 0 radical (unpaired) electrons. The normalized spacial score (nSPS) is 18.5. The second-order valence-corrected chi connectivity index (χ2v) is 6.64. The molecule has 1 N–H and O–H groups in total. The Kier molecular flexibility index (Phi) is 3.76. The van der Waals surface area contributed by atoms with E-state index in [0.717, 1.165) is 29.9 Å². The van der Waals surface area contributed by atoms with Crippen LogP contribution >= 0.6 is 0 Å². The Balaban J connectivity index is 1.82. The number of likely N-dealkylation sites (tertiary alicyclic amines) is 1. The smallest absolute Gasteiger partial charge is 0.112 e. The van der Waals surface area contributed by atoms with E-state index in [0.29, 0.717) is 6.42 Å². The van der Waals surface area contributed by atoms with Gasteiger partial charge in [-0.2, -0.15) is 0 Å². The van der Waals surface area contributed by atoms with Crippen LogP contribution in [0.2, 0.25) is 0 Å². The first-order valence-electron chi connectivity index (χ1n) is 7.83. The lowest BCUT2D eigenvalue weighted by atomic mass is 9.92. The molecular weight excluding hydrogens is 262 g/mol. The summed E-state index contributed by atoms with van der Waals surface area (Å²) < 4.78 is 2.10. The summed E-state index contributed by atoms with van der Waals surface area (Å²) >= 11 is 0. The van der Waals surface area contributed by atoms with Gasteiger partial charge in [-0.15, -0.1) is 0 Å². The molecule has 1 aliphatic rings. The van der Waals surface area contributed by atoms with Gasteiger partial charge in [0.15, 0.2) is 0 Å². The highest BCUT2D eigenvalue weighted by Gasteiger charge is 2.36. The van der Waals surface area contributed by atoms with Crippen LogP contribution in [0.1, 0.15) is 32.5 Å². The Labute approximate surface area is 126 Å². The van der Waals surface area contributed by atoms with Crippen LogP contribution in [0.3, 0.4) is 0 Å². The number of imidazole rings is 1. The summed E-state index contributed by atoms with van der Waals surface area (Å²) in [5.41, 5.74) is 1.93. The average Bonchev–Trinajstić information content (AvgIpc) is 3.09. The molecule has 4 nitrogen and oxygen atoms in total. The molecule has 1 atom stereocenters. The summed E-state index contributed by atoms with van der Waals surface area (Å²) in [6, 6.07) is 8.13. The lowest BCUT2D eigenvalue weighted by Crippen LogP contribution is -2.52. The number of aryl methyl sites for hydroxylation is 1. The minimum Gasteiger partial charge on any atom is -0.391 e. The van der Waals surface area contributed by atoms with Crippen molar-refractivity contribution in [3.63, 3.8) is 0 Å². The highest BCUT2D eigenvalue weighted by molar-refractivity contribution is 5.75. The summed E-state index contributed by atoms with van der Waals surface area (Å²) in [5.74, 6) is 0.955. The van der Waals surface area contributed by atoms with Gasteiger partial charge in [0.25, 0.3) is 0 Å². The number of benzene rings is 1. The molecule has 1 unspecified atom stereocenters. The van der Waals surface area contributed by atoms with Crippen molar-refractivity contribution in [2.45, 2.75) is 44.8 Å². The molecule has 0 spiro atoms. The summed E-state index contributed by atoms with van der Waals surface area (Å²) in [6.07, 6.45) is 2.66. The number of rotatable bonds is 4. The zero-order valence-electron chi connectivity index (χ0n) is 13.2. The number of para-hydroxylation sites is 2. The molecule has 1 saturated heterocycles. The number of aliphatic hydroxyl groups is 1. The van der Waals surface area contributed by atoms with Gasteiger partial charge in [-0.05, 0) is 51.9 Å². The number of hydrogen-bond acceptors (Lipinski definition) is 3. The van der Waals surface area contributed by atoms with Crippen molar-refractivity contribution in [2.75, 3.05) is 13.1 Å². The third-order valence-corrected chi connectivity index (χ3v) is 4.99. The minimum absolute atomic E-state index is 0.200. The van der Waals surface area contributed by atoms with E-state index in [9.17, 15) is 5.11 Å². The molecule has 114 valence electrons. The first kappa shape index (κ1) is 14.5. The van der Waals surface area contributed by atoms with E-state index in [1.807, 2.05) is 25.2 Å². The maximum atomic E-state index is 10.7. The number of aliphatic hydroxyl groups excluding tert-OH is 1. The molecule has 3 rings (SSSR count). The van der Waals surface area contributed by atoms with Gasteiger partial charge in [-0.25, -0.2) is 4.98 Å². The number of fused-ring (bicyclic) bond motifs is 1. The van der Waals surface area contributed by atoms with Crippen molar-refractivity contribution in [1.29, 1.82) is 0 Å². The van der Waals surface area contributed by atoms with Gasteiger partial charge in [0.05, 0.1) is 17.1 Å². The molecule has 1 aliphatic heterocycles. The fraction of sp³-hybridized carbons (Fsp3) is 0.588. The van der Waals surface area contributed by atoms with Crippen molar-refractivity contribution in [3.05, 3.63) is 30.1 Å². The Bertz CT molecular complexity index is 626. The van der Waals surface area contributed by atoms with E-state index < -0.39 is 6.10 Å². The van der Waals surface area contributed by atoms with Gasteiger partial charge in [0, 0.05) is 19.0 Å². The Morgan fingerprint density at radius 3 is 2.57 bits per heavy atom. The fourth-order valence-electron chi connectivity index (χ4n) is 3.30. The van der Waals surface area contributed by atoms with Gasteiger partial charge in [0.2, 0.25) is 0 Å². The van der Waals surface area contributed by atoms with Gasteiger partial charge < -0.3 is 9.67 Å². The highest BCUT2D eigenvalue weighted by Crippen LogP contribution is 2.26. The molecular formula is C17H25N3O. The maximum absolute atomic E-state index is 10.7. The SMILES string of the molecule is Cn1c(CC(O)C(C)(C)N2CCCC2)nc2ccccc21. The topological polar surface area (TPSA) is 41.3 Å².